The number of aryl methyl sites for hydroxylation is 1. The van der Waals surface area contributed by atoms with E-state index < -0.39 is 0 Å². The van der Waals surface area contributed by atoms with Crippen LogP contribution in [0.1, 0.15) is 27.6 Å². The van der Waals surface area contributed by atoms with Gasteiger partial charge in [-0.2, -0.15) is 4.99 Å². The van der Waals surface area contributed by atoms with E-state index in [1.165, 1.54) is 18.4 Å². The summed E-state index contributed by atoms with van der Waals surface area (Å²) in [5, 5.41) is 0. The first kappa shape index (κ1) is 18.4. The van der Waals surface area contributed by atoms with Crippen LogP contribution in [-0.4, -0.2) is 29.3 Å². The largest absolute Gasteiger partial charge is 0.465 e. The van der Waals surface area contributed by atoms with Crippen LogP contribution in [0.3, 0.4) is 0 Å². The smallest absolute Gasteiger partial charge is 0.337 e. The molecule has 5 nitrogen and oxygen atoms in total. The Morgan fingerprint density at radius 2 is 2.00 bits per heavy atom. The Labute approximate surface area is 159 Å². The molecule has 0 fully saturated rings. The number of thiazole rings is 1. The minimum atomic E-state index is -0.386. The lowest BCUT2D eigenvalue weighted by atomic mass is 10.2. The Bertz CT molecular complexity index is 1050. The molecular formula is C19H18N2O3S2. The van der Waals surface area contributed by atoms with E-state index in [0.717, 1.165) is 20.9 Å². The molecular weight excluding hydrogens is 368 g/mol. The summed E-state index contributed by atoms with van der Waals surface area (Å²) >= 11 is 2.99. The van der Waals surface area contributed by atoms with Gasteiger partial charge in [0.25, 0.3) is 5.91 Å². The van der Waals surface area contributed by atoms with Crippen LogP contribution >= 0.6 is 23.1 Å². The summed E-state index contributed by atoms with van der Waals surface area (Å²) in [7, 11) is 3.21. The van der Waals surface area contributed by atoms with Crippen LogP contribution < -0.4 is 4.80 Å². The topological polar surface area (TPSA) is 60.7 Å². The first-order valence-electron chi connectivity index (χ1n) is 8.04. The van der Waals surface area contributed by atoms with E-state index in [4.69, 9.17) is 4.74 Å². The third kappa shape index (κ3) is 3.59. The Morgan fingerprint density at radius 1 is 1.23 bits per heavy atom. The molecule has 0 aliphatic carbocycles. The third-order valence-corrected chi connectivity index (χ3v) is 5.90. The second-order valence-corrected chi connectivity index (χ2v) is 7.78. The number of hydrogen-bond acceptors (Lipinski definition) is 5. The number of rotatable bonds is 4. The minimum Gasteiger partial charge on any atom is -0.465 e. The number of thioether (sulfide) groups is 1. The van der Waals surface area contributed by atoms with Gasteiger partial charge in [-0.25, -0.2) is 4.79 Å². The van der Waals surface area contributed by atoms with Crippen LogP contribution in [-0.2, 0) is 11.8 Å². The standard InChI is InChI=1S/C19H18N2O3S2/c1-4-25-15-8-6-5-7-13(15)17(22)20-19-21(2)14-10-9-12(18(23)24-3)11-16(14)26-19/h5-11H,4H2,1-3H3. The summed E-state index contributed by atoms with van der Waals surface area (Å²) < 4.78 is 7.49. The van der Waals surface area contributed by atoms with Crippen molar-refractivity contribution < 1.29 is 14.3 Å². The molecule has 0 unspecified atom stereocenters. The lowest BCUT2D eigenvalue weighted by molar-refractivity contribution is 0.0601. The number of esters is 1. The van der Waals surface area contributed by atoms with E-state index in [1.807, 2.05) is 42.8 Å². The van der Waals surface area contributed by atoms with Gasteiger partial charge in [-0.15, -0.1) is 11.8 Å². The average molecular weight is 386 g/mol. The Kier molecular flexibility index (Phi) is 5.58. The van der Waals surface area contributed by atoms with Crippen molar-refractivity contribution in [3.8, 4) is 0 Å². The molecule has 0 atom stereocenters. The van der Waals surface area contributed by atoms with Gasteiger partial charge in [-0.3, -0.25) is 4.79 Å². The summed E-state index contributed by atoms with van der Waals surface area (Å²) in [4.78, 5) is 30.2. The summed E-state index contributed by atoms with van der Waals surface area (Å²) in [6.45, 7) is 2.05. The van der Waals surface area contributed by atoms with Gasteiger partial charge >= 0.3 is 5.97 Å². The molecule has 26 heavy (non-hydrogen) atoms. The molecule has 0 saturated carbocycles. The molecule has 1 heterocycles. The molecule has 0 N–H and O–H groups in total. The fourth-order valence-electron chi connectivity index (χ4n) is 2.56. The number of nitrogens with zero attached hydrogens (tertiary/aromatic N) is 2. The van der Waals surface area contributed by atoms with Crippen molar-refractivity contribution in [2.24, 2.45) is 12.0 Å². The Hall–Kier alpha value is -2.38. The molecule has 1 aromatic heterocycles. The molecule has 2 aromatic carbocycles. The minimum absolute atomic E-state index is 0.267. The van der Waals surface area contributed by atoms with Crippen LogP contribution in [0.4, 0.5) is 0 Å². The van der Waals surface area contributed by atoms with E-state index in [2.05, 4.69) is 4.99 Å². The van der Waals surface area contributed by atoms with Crippen molar-refractivity contribution in [3.63, 3.8) is 0 Å². The van der Waals surface area contributed by atoms with Gasteiger partial charge < -0.3 is 9.30 Å². The maximum Gasteiger partial charge on any atom is 0.337 e. The van der Waals surface area contributed by atoms with Crippen molar-refractivity contribution in [2.45, 2.75) is 11.8 Å². The zero-order valence-corrected chi connectivity index (χ0v) is 16.3. The van der Waals surface area contributed by atoms with Gasteiger partial charge in [0.15, 0.2) is 4.80 Å². The number of methoxy groups -OCH3 is 1. The second kappa shape index (κ2) is 7.88. The molecule has 7 heteroatoms. The normalized spacial score (nSPS) is 11.7. The van der Waals surface area contributed by atoms with Crippen LogP contribution in [0.25, 0.3) is 10.2 Å². The van der Waals surface area contributed by atoms with E-state index in [-0.39, 0.29) is 11.9 Å². The van der Waals surface area contributed by atoms with Gasteiger partial charge in [0, 0.05) is 11.9 Å². The molecule has 3 aromatic rings. The van der Waals surface area contributed by atoms with Gasteiger partial charge in [0.05, 0.1) is 28.5 Å². The number of amides is 1. The van der Waals surface area contributed by atoms with Crippen molar-refractivity contribution >= 4 is 45.2 Å². The molecule has 0 spiro atoms. The fourth-order valence-corrected chi connectivity index (χ4v) is 4.41. The Morgan fingerprint density at radius 3 is 2.73 bits per heavy atom. The van der Waals surface area contributed by atoms with Crippen LogP contribution in [0, 0.1) is 0 Å². The molecule has 0 aliphatic rings. The van der Waals surface area contributed by atoms with Gasteiger partial charge in [0.1, 0.15) is 0 Å². The number of hydrogen-bond donors (Lipinski definition) is 0. The number of carbonyl (C=O) groups excluding carboxylic acids is 2. The van der Waals surface area contributed by atoms with Crippen molar-refractivity contribution in [1.29, 1.82) is 0 Å². The van der Waals surface area contributed by atoms with Crippen molar-refractivity contribution in [1.82, 2.24) is 4.57 Å². The monoisotopic (exact) mass is 386 g/mol. The van der Waals surface area contributed by atoms with Crippen LogP contribution in [0.2, 0.25) is 0 Å². The zero-order chi connectivity index (χ0) is 18.7. The number of fused-ring (bicyclic) bond motifs is 1. The SMILES string of the molecule is CCSc1ccccc1C(=O)N=c1sc2cc(C(=O)OC)ccc2n1C. The fraction of sp³-hybridized carbons (Fsp3) is 0.211. The lowest BCUT2D eigenvalue weighted by Gasteiger charge is -2.03. The highest BCUT2D eigenvalue weighted by Gasteiger charge is 2.13. The molecule has 0 aliphatic heterocycles. The number of carbonyl (C=O) groups is 2. The summed E-state index contributed by atoms with van der Waals surface area (Å²) in [6, 6.07) is 12.8. The molecule has 0 bridgehead atoms. The predicted molar refractivity (Wildman–Crippen MR) is 105 cm³/mol. The number of ether oxygens (including phenoxy) is 1. The first-order chi connectivity index (χ1) is 12.5. The quantitative estimate of drug-likeness (QED) is 0.504. The molecule has 0 saturated heterocycles. The Balaban J connectivity index is 2.06. The van der Waals surface area contributed by atoms with E-state index in [1.54, 1.807) is 30.0 Å². The van der Waals surface area contributed by atoms with Crippen molar-refractivity contribution in [2.75, 3.05) is 12.9 Å². The highest BCUT2D eigenvalue weighted by molar-refractivity contribution is 7.99. The van der Waals surface area contributed by atoms with E-state index in [0.29, 0.717) is 15.9 Å². The molecule has 1 amide bonds. The maximum absolute atomic E-state index is 12.7. The summed E-state index contributed by atoms with van der Waals surface area (Å²) in [6.07, 6.45) is 0. The molecule has 3 rings (SSSR count). The lowest BCUT2D eigenvalue weighted by Crippen LogP contribution is -2.13. The number of aromatic nitrogens is 1. The molecule has 0 radical (unpaired) electrons. The predicted octanol–water partition coefficient (Wildman–Crippen LogP) is 3.88. The van der Waals surface area contributed by atoms with Gasteiger partial charge in [-0.1, -0.05) is 30.4 Å². The van der Waals surface area contributed by atoms with E-state index in [9.17, 15) is 9.59 Å². The summed E-state index contributed by atoms with van der Waals surface area (Å²) in [5.41, 5.74) is 1.99. The van der Waals surface area contributed by atoms with Crippen molar-refractivity contribution in [3.05, 3.63) is 58.4 Å². The third-order valence-electron chi connectivity index (χ3n) is 3.84. The van der Waals surface area contributed by atoms with Crippen LogP contribution in [0.5, 0.6) is 0 Å². The van der Waals surface area contributed by atoms with Gasteiger partial charge in [-0.05, 0) is 36.1 Å². The first-order valence-corrected chi connectivity index (χ1v) is 9.84. The van der Waals surface area contributed by atoms with Gasteiger partial charge in [0.2, 0.25) is 0 Å². The second-order valence-electron chi connectivity index (χ2n) is 5.46. The number of benzene rings is 2. The van der Waals surface area contributed by atoms with Crippen LogP contribution in [0.15, 0.2) is 52.4 Å². The average Bonchev–Trinajstić information content (AvgIpc) is 2.96. The highest BCUT2D eigenvalue weighted by Crippen LogP contribution is 2.23. The molecule has 134 valence electrons. The maximum atomic E-state index is 12.7. The zero-order valence-electron chi connectivity index (χ0n) is 14.7. The van der Waals surface area contributed by atoms with E-state index >= 15 is 0 Å². The summed E-state index contributed by atoms with van der Waals surface area (Å²) in [5.74, 6) is 0.233. The highest BCUT2D eigenvalue weighted by atomic mass is 32.2.